The quantitative estimate of drug-likeness (QED) is 0.880. The minimum absolute atomic E-state index is 0.114. The minimum Gasteiger partial charge on any atom is -0.480 e. The van der Waals surface area contributed by atoms with E-state index in [4.69, 9.17) is 5.26 Å². The predicted octanol–water partition coefficient (Wildman–Crippen LogP) is 0.744. The van der Waals surface area contributed by atoms with Gasteiger partial charge in [-0.2, -0.15) is 5.26 Å². The van der Waals surface area contributed by atoms with Gasteiger partial charge in [0.05, 0.1) is 11.8 Å². The summed E-state index contributed by atoms with van der Waals surface area (Å²) in [5, 5.41) is 16.7. The first kappa shape index (κ1) is 13.4. The lowest BCUT2D eigenvalue weighted by Crippen LogP contribution is -2.46. The largest absolute Gasteiger partial charge is 0.480 e. The molecule has 0 saturated heterocycles. The van der Waals surface area contributed by atoms with Gasteiger partial charge in [-0.3, -0.25) is 4.31 Å². The number of carbonyl (C=O) groups is 1. The van der Waals surface area contributed by atoms with Gasteiger partial charge in [0, 0.05) is 6.42 Å². The molecule has 0 saturated carbocycles. The number of hydrogen-bond acceptors (Lipinski definition) is 4. The highest BCUT2D eigenvalue weighted by atomic mass is 32.2. The monoisotopic (exact) mass is 280 g/mol. The molecule has 0 amide bonds. The number of nitriles is 1. The van der Waals surface area contributed by atoms with E-state index in [-0.39, 0.29) is 6.42 Å². The van der Waals surface area contributed by atoms with Crippen molar-refractivity contribution in [2.24, 2.45) is 0 Å². The number of fused-ring (bicyclic) bond motifs is 1. The Morgan fingerprint density at radius 3 is 2.74 bits per heavy atom. The first-order valence-corrected chi connectivity index (χ1v) is 7.13. The molecule has 0 spiro atoms. The summed E-state index contributed by atoms with van der Waals surface area (Å²) < 4.78 is 25.4. The molecule has 0 fully saturated rings. The van der Waals surface area contributed by atoms with E-state index in [2.05, 4.69) is 0 Å². The molecule has 0 bridgehead atoms. The van der Waals surface area contributed by atoms with Gasteiger partial charge in [0.2, 0.25) is 0 Å². The summed E-state index contributed by atoms with van der Waals surface area (Å²) in [7, 11) is -4.00. The van der Waals surface area contributed by atoms with Crippen molar-refractivity contribution in [3.63, 3.8) is 0 Å². The molecule has 1 aromatic rings. The normalized spacial score (nSPS) is 19.6. The summed E-state index contributed by atoms with van der Waals surface area (Å²) >= 11 is 0. The van der Waals surface area contributed by atoms with E-state index in [0.717, 1.165) is 4.31 Å². The zero-order valence-corrected chi connectivity index (χ0v) is 11.0. The second kappa shape index (κ2) is 4.55. The molecule has 19 heavy (non-hydrogen) atoms. The Morgan fingerprint density at radius 2 is 2.16 bits per heavy atom. The van der Waals surface area contributed by atoms with Gasteiger partial charge < -0.3 is 5.11 Å². The van der Waals surface area contributed by atoms with Crippen LogP contribution in [-0.2, 0) is 21.2 Å². The summed E-state index contributed by atoms with van der Waals surface area (Å²) in [4.78, 5) is 11.2. The highest BCUT2D eigenvalue weighted by Crippen LogP contribution is 2.35. The molecule has 1 heterocycles. The van der Waals surface area contributed by atoms with Crippen LogP contribution in [-0.4, -0.2) is 30.8 Å². The van der Waals surface area contributed by atoms with Crippen molar-refractivity contribution in [3.05, 3.63) is 29.8 Å². The maximum absolute atomic E-state index is 12.3. The minimum atomic E-state index is -4.00. The van der Waals surface area contributed by atoms with Crippen LogP contribution < -0.4 is 4.31 Å². The summed E-state index contributed by atoms with van der Waals surface area (Å²) in [6.45, 7) is 1.25. The summed E-state index contributed by atoms with van der Waals surface area (Å²) in [5.41, 5.74) is 1.00. The molecule has 1 N–H and O–H groups in total. The molecule has 6 nitrogen and oxygen atoms in total. The van der Waals surface area contributed by atoms with Crippen LogP contribution in [0.5, 0.6) is 0 Å². The number of sulfonamides is 1. The SMILES string of the molecule is CC(C#N)S(=O)(=O)N1c2ccccc2CC1C(=O)O. The van der Waals surface area contributed by atoms with Crippen LogP contribution in [0.15, 0.2) is 24.3 Å². The van der Waals surface area contributed by atoms with E-state index in [9.17, 15) is 18.3 Å². The third-order valence-electron chi connectivity index (χ3n) is 3.11. The first-order valence-electron chi connectivity index (χ1n) is 5.63. The number of aliphatic carboxylic acids is 1. The highest BCUT2D eigenvalue weighted by Gasteiger charge is 2.43. The number of carboxylic acid groups (broad SMARTS) is 1. The van der Waals surface area contributed by atoms with Crippen molar-refractivity contribution in [1.29, 1.82) is 5.26 Å². The molecular formula is C12H12N2O4S. The molecule has 1 aliphatic rings. The predicted molar refractivity (Wildman–Crippen MR) is 68.0 cm³/mol. The Morgan fingerprint density at radius 1 is 1.53 bits per heavy atom. The zero-order chi connectivity index (χ0) is 14.2. The molecule has 1 aromatic carbocycles. The average molecular weight is 280 g/mol. The number of anilines is 1. The van der Waals surface area contributed by atoms with Gasteiger partial charge in [-0.15, -0.1) is 0 Å². The van der Waals surface area contributed by atoms with Crippen LogP contribution in [0, 0.1) is 11.3 Å². The standard InChI is InChI=1S/C12H12N2O4S/c1-8(7-13)19(17,18)14-10-5-3-2-4-9(10)6-11(14)12(15)16/h2-5,8,11H,6H2,1H3,(H,15,16). The number of hydrogen-bond donors (Lipinski definition) is 1. The van der Waals surface area contributed by atoms with Gasteiger partial charge >= 0.3 is 5.97 Å². The van der Waals surface area contributed by atoms with Crippen LogP contribution in [0.25, 0.3) is 0 Å². The van der Waals surface area contributed by atoms with Crippen LogP contribution in [0.4, 0.5) is 5.69 Å². The smallest absolute Gasteiger partial charge is 0.327 e. The van der Waals surface area contributed by atoms with Crippen molar-refractivity contribution in [1.82, 2.24) is 0 Å². The topological polar surface area (TPSA) is 98.5 Å². The van der Waals surface area contributed by atoms with E-state index in [1.165, 1.54) is 6.92 Å². The number of carboxylic acids is 1. The highest BCUT2D eigenvalue weighted by molar-refractivity contribution is 7.93. The van der Waals surface area contributed by atoms with Crippen LogP contribution in [0.2, 0.25) is 0 Å². The Balaban J connectivity index is 2.58. The van der Waals surface area contributed by atoms with Gasteiger partial charge in [0.25, 0.3) is 10.0 Å². The molecule has 1 aliphatic heterocycles. The second-order valence-electron chi connectivity index (χ2n) is 4.30. The van der Waals surface area contributed by atoms with E-state index in [1.54, 1.807) is 30.3 Å². The van der Waals surface area contributed by atoms with E-state index in [1.807, 2.05) is 0 Å². The summed E-state index contributed by atoms with van der Waals surface area (Å²) in [6.07, 6.45) is 0.114. The van der Waals surface area contributed by atoms with Crippen molar-refractivity contribution in [3.8, 4) is 6.07 Å². The molecule has 0 radical (unpaired) electrons. The van der Waals surface area contributed by atoms with Crippen molar-refractivity contribution in [2.45, 2.75) is 24.6 Å². The van der Waals surface area contributed by atoms with Gasteiger partial charge in [0.15, 0.2) is 5.25 Å². The van der Waals surface area contributed by atoms with E-state index < -0.39 is 27.3 Å². The first-order chi connectivity index (χ1) is 8.89. The third kappa shape index (κ3) is 2.04. The van der Waals surface area contributed by atoms with Crippen LogP contribution in [0.1, 0.15) is 12.5 Å². The summed E-state index contributed by atoms with van der Waals surface area (Å²) in [5.74, 6) is -1.22. The molecule has 2 atom stereocenters. The average Bonchev–Trinajstić information content (AvgIpc) is 2.77. The molecule has 7 heteroatoms. The molecule has 100 valence electrons. The van der Waals surface area contributed by atoms with Gasteiger partial charge in [-0.1, -0.05) is 18.2 Å². The van der Waals surface area contributed by atoms with Crippen molar-refractivity contribution >= 4 is 21.7 Å². The Kier molecular flexibility index (Phi) is 3.20. The lowest BCUT2D eigenvalue weighted by atomic mass is 10.1. The second-order valence-corrected chi connectivity index (χ2v) is 6.43. The molecular weight excluding hydrogens is 268 g/mol. The van der Waals surface area contributed by atoms with E-state index in [0.29, 0.717) is 11.3 Å². The Labute approximate surface area is 110 Å². The summed E-state index contributed by atoms with van der Waals surface area (Å²) in [6, 6.07) is 7.08. The van der Waals surface area contributed by atoms with Crippen LogP contribution in [0.3, 0.4) is 0 Å². The van der Waals surface area contributed by atoms with Gasteiger partial charge in [0.1, 0.15) is 6.04 Å². The fourth-order valence-electron chi connectivity index (χ4n) is 2.10. The van der Waals surface area contributed by atoms with E-state index >= 15 is 0 Å². The zero-order valence-electron chi connectivity index (χ0n) is 10.1. The number of nitrogens with zero attached hydrogens (tertiary/aromatic N) is 2. The maximum atomic E-state index is 12.3. The number of rotatable bonds is 3. The lowest BCUT2D eigenvalue weighted by molar-refractivity contribution is -0.138. The molecule has 0 aliphatic carbocycles. The van der Waals surface area contributed by atoms with Crippen LogP contribution >= 0.6 is 0 Å². The van der Waals surface area contributed by atoms with Gasteiger partial charge in [-0.05, 0) is 18.6 Å². The molecule has 2 unspecified atom stereocenters. The fourth-order valence-corrected chi connectivity index (χ4v) is 3.54. The maximum Gasteiger partial charge on any atom is 0.327 e. The number of para-hydroxylation sites is 1. The molecule has 2 rings (SSSR count). The number of benzene rings is 1. The van der Waals surface area contributed by atoms with Gasteiger partial charge in [-0.25, -0.2) is 13.2 Å². The Bertz CT molecular complexity index is 663. The fraction of sp³-hybridized carbons (Fsp3) is 0.333. The lowest BCUT2D eigenvalue weighted by Gasteiger charge is -2.25. The molecule has 0 aromatic heterocycles. The Hall–Kier alpha value is -2.07. The van der Waals surface area contributed by atoms with Crippen molar-refractivity contribution in [2.75, 3.05) is 4.31 Å². The third-order valence-corrected chi connectivity index (χ3v) is 5.11. The van der Waals surface area contributed by atoms with Crippen molar-refractivity contribution < 1.29 is 18.3 Å².